The van der Waals surface area contributed by atoms with Crippen LogP contribution in [0.25, 0.3) is 0 Å². The number of aliphatic hydroxyl groups excluding tert-OH is 3. The monoisotopic (exact) mass is 219 g/mol. The molecule has 0 spiro atoms. The zero-order valence-electron chi connectivity index (χ0n) is 9.47. The molecule has 4 N–H and O–H groups in total. The minimum Gasteiger partial charge on any atom is -0.394 e. The maximum atomic E-state index is 9.63. The molecule has 0 saturated carbocycles. The molecule has 1 aliphatic heterocycles. The van der Waals surface area contributed by atoms with E-state index in [0.717, 1.165) is 0 Å². The van der Waals surface area contributed by atoms with Crippen molar-refractivity contribution in [1.82, 2.24) is 5.32 Å². The van der Waals surface area contributed by atoms with Crippen molar-refractivity contribution in [2.24, 2.45) is 0 Å². The summed E-state index contributed by atoms with van der Waals surface area (Å²) in [5.74, 6) is 0. The first-order valence-electron chi connectivity index (χ1n) is 5.22. The van der Waals surface area contributed by atoms with Gasteiger partial charge < -0.3 is 25.4 Å². The molecule has 0 amide bonds. The summed E-state index contributed by atoms with van der Waals surface area (Å²) in [7, 11) is 0. The van der Waals surface area contributed by atoms with Crippen molar-refractivity contribution >= 4 is 0 Å². The fourth-order valence-electron chi connectivity index (χ4n) is 1.55. The van der Waals surface area contributed by atoms with Crippen LogP contribution in [-0.2, 0) is 4.74 Å². The molecule has 0 radical (unpaired) electrons. The Hall–Kier alpha value is -0.200. The van der Waals surface area contributed by atoms with Gasteiger partial charge in [-0.2, -0.15) is 0 Å². The van der Waals surface area contributed by atoms with Crippen molar-refractivity contribution in [2.75, 3.05) is 13.2 Å². The van der Waals surface area contributed by atoms with Crippen molar-refractivity contribution in [3.63, 3.8) is 0 Å². The van der Waals surface area contributed by atoms with Crippen molar-refractivity contribution in [3.05, 3.63) is 0 Å². The largest absolute Gasteiger partial charge is 0.394 e. The molecule has 1 aliphatic rings. The second-order valence-corrected chi connectivity index (χ2v) is 5.01. The van der Waals surface area contributed by atoms with Gasteiger partial charge in [0.05, 0.1) is 12.7 Å². The lowest BCUT2D eigenvalue weighted by atomic mass is 10.1. The summed E-state index contributed by atoms with van der Waals surface area (Å²) in [6.45, 7) is 6.21. The van der Waals surface area contributed by atoms with E-state index in [-0.39, 0.29) is 12.1 Å². The highest BCUT2D eigenvalue weighted by molar-refractivity contribution is 4.92. The maximum absolute atomic E-state index is 9.63. The minimum atomic E-state index is -0.998. The third kappa shape index (κ3) is 3.39. The van der Waals surface area contributed by atoms with Gasteiger partial charge in [0.1, 0.15) is 18.3 Å². The van der Waals surface area contributed by atoms with Gasteiger partial charge in [-0.25, -0.2) is 0 Å². The maximum Gasteiger partial charge on any atom is 0.111 e. The Balaban J connectivity index is 2.44. The van der Waals surface area contributed by atoms with Crippen molar-refractivity contribution in [1.29, 1.82) is 0 Å². The Morgan fingerprint density at radius 1 is 1.13 bits per heavy atom. The number of hydrogen-bond donors (Lipinski definition) is 4. The summed E-state index contributed by atoms with van der Waals surface area (Å²) in [5.41, 5.74) is -0.0642. The van der Waals surface area contributed by atoms with E-state index in [1.54, 1.807) is 0 Å². The molecule has 0 unspecified atom stereocenters. The van der Waals surface area contributed by atoms with E-state index in [2.05, 4.69) is 5.32 Å². The first-order chi connectivity index (χ1) is 6.85. The van der Waals surface area contributed by atoms with E-state index in [1.807, 2.05) is 20.8 Å². The van der Waals surface area contributed by atoms with Crippen LogP contribution in [0.3, 0.4) is 0 Å². The Labute approximate surface area is 90.1 Å². The minimum absolute atomic E-state index is 0.0642. The molecule has 0 aliphatic carbocycles. The second-order valence-electron chi connectivity index (χ2n) is 5.01. The molecular weight excluding hydrogens is 198 g/mol. The van der Waals surface area contributed by atoms with Gasteiger partial charge in [0.15, 0.2) is 0 Å². The molecule has 0 bridgehead atoms. The van der Waals surface area contributed by atoms with Gasteiger partial charge in [0, 0.05) is 12.1 Å². The van der Waals surface area contributed by atoms with Crippen LogP contribution in [-0.4, -0.2) is 58.4 Å². The van der Waals surface area contributed by atoms with E-state index < -0.39 is 24.4 Å². The Morgan fingerprint density at radius 3 is 2.07 bits per heavy atom. The lowest BCUT2D eigenvalue weighted by Gasteiger charge is -2.24. The highest BCUT2D eigenvalue weighted by atomic mass is 16.6. The Bertz CT molecular complexity index is 204. The first-order valence-corrected chi connectivity index (χ1v) is 5.22. The molecule has 0 aromatic heterocycles. The van der Waals surface area contributed by atoms with Crippen LogP contribution >= 0.6 is 0 Å². The van der Waals surface area contributed by atoms with Gasteiger partial charge in [-0.1, -0.05) is 0 Å². The predicted molar refractivity (Wildman–Crippen MR) is 55.5 cm³/mol. The van der Waals surface area contributed by atoms with Crippen LogP contribution in [0.15, 0.2) is 0 Å². The lowest BCUT2D eigenvalue weighted by molar-refractivity contribution is -0.0225. The molecule has 5 nitrogen and oxygen atoms in total. The highest BCUT2D eigenvalue weighted by Crippen LogP contribution is 2.20. The van der Waals surface area contributed by atoms with Crippen LogP contribution in [0.1, 0.15) is 20.8 Å². The lowest BCUT2D eigenvalue weighted by Crippen LogP contribution is -2.44. The van der Waals surface area contributed by atoms with Gasteiger partial charge in [-0.05, 0) is 20.8 Å². The van der Waals surface area contributed by atoms with E-state index >= 15 is 0 Å². The van der Waals surface area contributed by atoms with Crippen LogP contribution in [0.5, 0.6) is 0 Å². The van der Waals surface area contributed by atoms with Crippen molar-refractivity contribution < 1.29 is 20.1 Å². The number of hydrogen-bond acceptors (Lipinski definition) is 5. The van der Waals surface area contributed by atoms with Crippen LogP contribution in [0.2, 0.25) is 0 Å². The van der Waals surface area contributed by atoms with Gasteiger partial charge in [-0.3, -0.25) is 0 Å². The summed E-state index contributed by atoms with van der Waals surface area (Å²) in [5, 5.41) is 31.2. The molecule has 1 saturated heterocycles. The zero-order valence-corrected chi connectivity index (χ0v) is 9.47. The van der Waals surface area contributed by atoms with E-state index in [4.69, 9.17) is 9.84 Å². The third-order valence-electron chi connectivity index (χ3n) is 2.47. The normalized spacial score (nSPS) is 37.2. The van der Waals surface area contributed by atoms with E-state index in [1.165, 1.54) is 0 Å². The average molecular weight is 219 g/mol. The summed E-state index contributed by atoms with van der Waals surface area (Å²) in [6, 6.07) is 0. The number of rotatable bonds is 3. The van der Waals surface area contributed by atoms with Crippen LogP contribution < -0.4 is 5.32 Å². The Kier molecular flexibility index (Phi) is 4.08. The number of ether oxygens (including phenoxy) is 1. The van der Waals surface area contributed by atoms with Crippen molar-refractivity contribution in [2.45, 2.75) is 50.7 Å². The molecule has 1 rings (SSSR count). The highest BCUT2D eigenvalue weighted by Gasteiger charge is 2.42. The number of nitrogens with one attached hydrogen (secondary N) is 1. The third-order valence-corrected chi connectivity index (χ3v) is 2.47. The SMILES string of the molecule is CC(C)(C)NC[C@@H]1O[C@H](CO)[C@@H](O)[C@@H]1O. The fourth-order valence-corrected chi connectivity index (χ4v) is 1.55. The quantitative estimate of drug-likeness (QED) is 0.482. The fraction of sp³-hybridized carbons (Fsp3) is 1.00. The molecule has 4 atom stereocenters. The smallest absolute Gasteiger partial charge is 0.111 e. The molecular formula is C10H21NO4. The number of aliphatic hydroxyl groups is 3. The second kappa shape index (κ2) is 4.76. The summed E-state index contributed by atoms with van der Waals surface area (Å²) >= 11 is 0. The molecule has 0 aromatic carbocycles. The topological polar surface area (TPSA) is 82.0 Å². The Morgan fingerprint density at radius 2 is 1.67 bits per heavy atom. The van der Waals surface area contributed by atoms with Crippen LogP contribution in [0.4, 0.5) is 0 Å². The van der Waals surface area contributed by atoms with Crippen molar-refractivity contribution in [3.8, 4) is 0 Å². The first kappa shape index (κ1) is 12.9. The molecule has 1 fully saturated rings. The molecule has 15 heavy (non-hydrogen) atoms. The standard InChI is InChI=1S/C10H21NO4/c1-10(2,3)11-4-6-8(13)9(14)7(5-12)15-6/h6-9,11-14H,4-5H2,1-3H3/t6-,7+,8+,9+/m0/s1. The van der Waals surface area contributed by atoms with Gasteiger partial charge in [0.2, 0.25) is 0 Å². The summed E-state index contributed by atoms with van der Waals surface area (Å²) < 4.78 is 5.32. The predicted octanol–water partition coefficient (Wildman–Crippen LogP) is -1.14. The average Bonchev–Trinajstić information content (AvgIpc) is 2.40. The van der Waals surface area contributed by atoms with Gasteiger partial charge >= 0.3 is 0 Å². The zero-order chi connectivity index (χ0) is 11.6. The summed E-state index contributed by atoms with van der Waals surface area (Å²) in [4.78, 5) is 0. The molecule has 5 heteroatoms. The molecule has 90 valence electrons. The molecule has 0 aromatic rings. The van der Waals surface area contributed by atoms with Gasteiger partial charge in [0.25, 0.3) is 0 Å². The van der Waals surface area contributed by atoms with Gasteiger partial charge in [-0.15, -0.1) is 0 Å². The van der Waals surface area contributed by atoms with E-state index in [9.17, 15) is 10.2 Å². The summed E-state index contributed by atoms with van der Waals surface area (Å²) in [6.07, 6.45) is -3.07. The van der Waals surface area contributed by atoms with E-state index in [0.29, 0.717) is 6.54 Å². The van der Waals surface area contributed by atoms with Crippen LogP contribution in [0, 0.1) is 0 Å². The molecule has 1 heterocycles.